The average Bonchev–Trinajstić information content (AvgIpc) is 3.20. The van der Waals surface area contributed by atoms with Crippen molar-refractivity contribution in [3.8, 4) is 0 Å². The highest BCUT2D eigenvalue weighted by Gasteiger charge is 2.46. The van der Waals surface area contributed by atoms with Crippen molar-refractivity contribution in [3.63, 3.8) is 0 Å². The van der Waals surface area contributed by atoms with Gasteiger partial charge in [-0.15, -0.1) is 12.4 Å². The number of nitrogens with one attached hydrogen (secondary N) is 1. The molecule has 1 fully saturated rings. The molecule has 1 aliphatic carbocycles. The quantitative estimate of drug-likeness (QED) is 0.405. The first kappa shape index (κ1) is 31.6. The van der Waals surface area contributed by atoms with Crippen molar-refractivity contribution in [2.24, 2.45) is 5.73 Å². The first-order chi connectivity index (χ1) is 18.6. The number of carbonyl (C=O) groups excluding carboxylic acids is 3. The van der Waals surface area contributed by atoms with E-state index >= 15 is 0 Å². The van der Waals surface area contributed by atoms with E-state index in [1.54, 1.807) is 13.8 Å². The average molecular weight is 570 g/mol. The summed E-state index contributed by atoms with van der Waals surface area (Å²) in [7, 11) is 0. The van der Waals surface area contributed by atoms with E-state index in [1.807, 2.05) is 36.1 Å². The molecule has 1 saturated heterocycles. The van der Waals surface area contributed by atoms with E-state index in [0.29, 0.717) is 32.5 Å². The topological polar surface area (TPSA) is 102 Å². The Morgan fingerprint density at radius 2 is 1.73 bits per heavy atom. The third-order valence-electron chi connectivity index (χ3n) is 8.35. The minimum absolute atomic E-state index is 0. The second kappa shape index (κ2) is 13.6. The lowest BCUT2D eigenvalue weighted by Gasteiger charge is -2.41. The highest BCUT2D eigenvalue weighted by molar-refractivity contribution is 5.91. The second-order valence-corrected chi connectivity index (χ2v) is 11.7. The number of rotatable bonds is 10. The molecule has 8 heteroatoms. The van der Waals surface area contributed by atoms with Gasteiger partial charge in [0, 0.05) is 13.1 Å². The lowest BCUT2D eigenvalue weighted by molar-refractivity contribution is -0.143. The zero-order chi connectivity index (χ0) is 28.0. The van der Waals surface area contributed by atoms with Gasteiger partial charge in [-0.1, -0.05) is 54.6 Å². The Bertz CT molecular complexity index is 1160. The van der Waals surface area contributed by atoms with Crippen LogP contribution in [-0.4, -0.2) is 54.0 Å². The maximum absolute atomic E-state index is 13.7. The number of nitrogens with zero attached hydrogens (tertiary/aromatic N) is 1. The summed E-state index contributed by atoms with van der Waals surface area (Å²) in [5, 5.41) is 2.95. The standard InChI is InChI=1S/C32H43N3O4.ClH/c1-4-39-28(36)21-24-22-32(26-15-9-8-14-25(24)26)17-19-35(20-18-32)29(37)27(34-30(38)31(2,3)33)16-10-13-23-11-6-5-7-12-23;/h5-9,11-12,14-15,24,27H,4,10,13,16-22,33H2,1-3H3,(H,34,38);1H/t24-,27+;/m0./s1. The Morgan fingerprint density at radius 1 is 1.07 bits per heavy atom. The lowest BCUT2D eigenvalue weighted by atomic mass is 9.73. The van der Waals surface area contributed by atoms with Crippen LogP contribution in [0, 0.1) is 0 Å². The van der Waals surface area contributed by atoms with Crippen LogP contribution < -0.4 is 11.1 Å². The molecule has 0 radical (unpaired) electrons. The van der Waals surface area contributed by atoms with Gasteiger partial charge in [0.2, 0.25) is 11.8 Å². The highest BCUT2D eigenvalue weighted by Crippen LogP contribution is 2.52. The molecule has 0 bridgehead atoms. The van der Waals surface area contributed by atoms with Gasteiger partial charge in [0.05, 0.1) is 18.6 Å². The maximum Gasteiger partial charge on any atom is 0.306 e. The normalized spacial score (nSPS) is 18.4. The Balaban J connectivity index is 0.00000441. The monoisotopic (exact) mass is 569 g/mol. The van der Waals surface area contributed by atoms with Gasteiger partial charge < -0.3 is 20.7 Å². The molecule has 1 aliphatic heterocycles. The van der Waals surface area contributed by atoms with Gasteiger partial charge in [0.25, 0.3) is 0 Å². The van der Waals surface area contributed by atoms with Crippen molar-refractivity contribution in [1.29, 1.82) is 0 Å². The van der Waals surface area contributed by atoms with Crippen LogP contribution >= 0.6 is 12.4 Å². The van der Waals surface area contributed by atoms with Crippen molar-refractivity contribution < 1.29 is 19.1 Å². The van der Waals surface area contributed by atoms with Crippen LogP contribution in [-0.2, 0) is 31.0 Å². The van der Waals surface area contributed by atoms with E-state index in [2.05, 4.69) is 35.6 Å². The van der Waals surface area contributed by atoms with E-state index in [0.717, 1.165) is 32.1 Å². The number of likely N-dealkylation sites (tertiary alicyclic amines) is 1. The number of halogens is 1. The van der Waals surface area contributed by atoms with Gasteiger partial charge in [0.15, 0.2) is 0 Å². The molecule has 0 unspecified atom stereocenters. The number of benzene rings is 2. The summed E-state index contributed by atoms with van der Waals surface area (Å²) >= 11 is 0. The van der Waals surface area contributed by atoms with Crippen molar-refractivity contribution >= 4 is 30.2 Å². The minimum atomic E-state index is -1.06. The molecule has 2 amide bonds. The Morgan fingerprint density at radius 3 is 2.38 bits per heavy atom. The van der Waals surface area contributed by atoms with Gasteiger partial charge in [-0.2, -0.15) is 0 Å². The van der Waals surface area contributed by atoms with Crippen molar-refractivity contribution in [2.75, 3.05) is 19.7 Å². The number of amides is 2. The minimum Gasteiger partial charge on any atom is -0.466 e. The molecule has 1 spiro atoms. The summed E-state index contributed by atoms with van der Waals surface area (Å²) in [6.07, 6.45) is 5.14. The highest BCUT2D eigenvalue weighted by atomic mass is 35.5. The van der Waals surface area contributed by atoms with Crippen LogP contribution in [0.2, 0.25) is 0 Å². The second-order valence-electron chi connectivity index (χ2n) is 11.7. The number of aryl methyl sites for hydroxylation is 1. The van der Waals surface area contributed by atoms with Crippen molar-refractivity contribution in [2.45, 2.75) is 88.6 Å². The number of fused-ring (bicyclic) bond motifs is 2. The third kappa shape index (κ3) is 7.43. The number of piperidine rings is 1. The fourth-order valence-corrected chi connectivity index (χ4v) is 6.24. The summed E-state index contributed by atoms with van der Waals surface area (Å²) in [5.74, 6) is -0.372. The number of hydrogen-bond donors (Lipinski definition) is 2. The number of nitrogens with two attached hydrogens (primary N) is 1. The van der Waals surface area contributed by atoms with Gasteiger partial charge >= 0.3 is 5.97 Å². The van der Waals surface area contributed by atoms with E-state index in [4.69, 9.17) is 10.5 Å². The molecule has 2 atom stereocenters. The Kier molecular flexibility index (Phi) is 10.8. The molecule has 0 aromatic heterocycles. The zero-order valence-electron chi connectivity index (χ0n) is 24.0. The number of ether oxygens (including phenoxy) is 1. The Hall–Kier alpha value is -2.90. The van der Waals surface area contributed by atoms with E-state index in [9.17, 15) is 14.4 Å². The first-order valence-electron chi connectivity index (χ1n) is 14.3. The fraction of sp³-hybridized carbons (Fsp3) is 0.531. The summed E-state index contributed by atoms with van der Waals surface area (Å²) in [5.41, 5.74) is 8.70. The van der Waals surface area contributed by atoms with Gasteiger partial charge in [-0.25, -0.2) is 0 Å². The lowest BCUT2D eigenvalue weighted by Crippen LogP contribution is -2.57. The molecule has 2 aliphatic rings. The van der Waals surface area contributed by atoms with Crippen molar-refractivity contribution in [1.82, 2.24) is 10.2 Å². The summed E-state index contributed by atoms with van der Waals surface area (Å²) in [6, 6.07) is 18.0. The summed E-state index contributed by atoms with van der Waals surface area (Å²) in [4.78, 5) is 40.7. The largest absolute Gasteiger partial charge is 0.466 e. The van der Waals surface area contributed by atoms with Crippen LogP contribution in [0.3, 0.4) is 0 Å². The number of hydrogen-bond acceptors (Lipinski definition) is 5. The van der Waals surface area contributed by atoms with Gasteiger partial charge in [-0.3, -0.25) is 14.4 Å². The number of carbonyl (C=O) groups is 3. The van der Waals surface area contributed by atoms with Crippen LogP contribution in [0.1, 0.15) is 81.9 Å². The van der Waals surface area contributed by atoms with Gasteiger partial charge in [0.1, 0.15) is 6.04 Å². The van der Waals surface area contributed by atoms with Crippen molar-refractivity contribution in [3.05, 3.63) is 71.3 Å². The molecular weight excluding hydrogens is 526 g/mol. The van der Waals surface area contributed by atoms with Gasteiger partial charge in [-0.05, 0) is 87.3 Å². The molecule has 2 aromatic carbocycles. The molecule has 2 aromatic rings. The van der Waals surface area contributed by atoms with Crippen LogP contribution in [0.25, 0.3) is 0 Å². The number of esters is 1. The van der Waals surface area contributed by atoms with Crippen LogP contribution in [0.15, 0.2) is 54.6 Å². The summed E-state index contributed by atoms with van der Waals surface area (Å²) < 4.78 is 5.25. The molecule has 40 heavy (non-hydrogen) atoms. The predicted octanol–water partition coefficient (Wildman–Crippen LogP) is 4.65. The van der Waals surface area contributed by atoms with Crippen LogP contribution in [0.5, 0.6) is 0 Å². The molecule has 218 valence electrons. The molecule has 0 saturated carbocycles. The molecule has 3 N–H and O–H groups in total. The molecule has 4 rings (SSSR count). The SMILES string of the molecule is CCOC(=O)C[C@H]1CC2(CCN(C(=O)[C@@H](CCCc3ccccc3)NC(=O)C(C)(C)N)CC2)c2ccccc21.Cl. The zero-order valence-corrected chi connectivity index (χ0v) is 24.8. The third-order valence-corrected chi connectivity index (χ3v) is 8.35. The summed E-state index contributed by atoms with van der Waals surface area (Å²) in [6.45, 7) is 6.78. The van der Waals surface area contributed by atoms with E-state index in [-0.39, 0.29) is 41.5 Å². The molecule has 7 nitrogen and oxygen atoms in total. The van der Waals surface area contributed by atoms with Crippen LogP contribution in [0.4, 0.5) is 0 Å². The molecular formula is C32H44ClN3O4. The fourth-order valence-electron chi connectivity index (χ4n) is 6.24. The maximum atomic E-state index is 13.7. The van der Waals surface area contributed by atoms with E-state index < -0.39 is 11.6 Å². The smallest absolute Gasteiger partial charge is 0.306 e. The first-order valence-corrected chi connectivity index (χ1v) is 14.3. The predicted molar refractivity (Wildman–Crippen MR) is 159 cm³/mol. The molecule has 1 heterocycles. The van der Waals surface area contributed by atoms with E-state index in [1.165, 1.54) is 16.7 Å². The Labute approximate surface area is 244 Å².